The van der Waals surface area contributed by atoms with Gasteiger partial charge in [-0.3, -0.25) is 4.79 Å². The van der Waals surface area contributed by atoms with Crippen LogP contribution in [0.5, 0.6) is 0 Å². The summed E-state index contributed by atoms with van der Waals surface area (Å²) < 4.78 is 6.01. The van der Waals surface area contributed by atoms with E-state index < -0.39 is 0 Å². The number of hydrogen-bond donors (Lipinski definition) is 0. The van der Waals surface area contributed by atoms with E-state index in [1.54, 1.807) is 19.1 Å². The summed E-state index contributed by atoms with van der Waals surface area (Å²) in [5.41, 5.74) is 3.64. The van der Waals surface area contributed by atoms with Crippen LogP contribution in [-0.4, -0.2) is 18.5 Å². The SMILES string of the molecule is CCOC(=O)c1ccc(CN2C(=O)CCc3cc(Br)ccc32)cc1. The highest BCUT2D eigenvalue weighted by molar-refractivity contribution is 9.10. The summed E-state index contributed by atoms with van der Waals surface area (Å²) in [7, 11) is 0. The number of carbonyl (C=O) groups excluding carboxylic acids is 2. The average molecular weight is 388 g/mol. The number of benzene rings is 2. The summed E-state index contributed by atoms with van der Waals surface area (Å²) in [6.07, 6.45) is 1.29. The minimum absolute atomic E-state index is 0.124. The molecule has 0 unspecified atom stereocenters. The van der Waals surface area contributed by atoms with Gasteiger partial charge in [0.2, 0.25) is 5.91 Å². The monoisotopic (exact) mass is 387 g/mol. The molecule has 5 heteroatoms. The van der Waals surface area contributed by atoms with Gasteiger partial charge in [0, 0.05) is 16.6 Å². The molecule has 1 heterocycles. The predicted molar refractivity (Wildman–Crippen MR) is 96.1 cm³/mol. The van der Waals surface area contributed by atoms with Crippen LogP contribution >= 0.6 is 15.9 Å². The van der Waals surface area contributed by atoms with E-state index in [9.17, 15) is 9.59 Å². The summed E-state index contributed by atoms with van der Waals surface area (Å²) >= 11 is 3.48. The number of fused-ring (bicyclic) bond motifs is 1. The molecule has 3 rings (SSSR count). The van der Waals surface area contributed by atoms with Gasteiger partial charge in [0.1, 0.15) is 0 Å². The lowest BCUT2D eigenvalue weighted by atomic mass is 10.0. The van der Waals surface area contributed by atoms with Crippen LogP contribution in [-0.2, 0) is 22.5 Å². The fraction of sp³-hybridized carbons (Fsp3) is 0.263. The number of ether oxygens (including phenoxy) is 1. The molecule has 24 heavy (non-hydrogen) atoms. The molecule has 2 aromatic carbocycles. The Labute approximate surface area is 149 Å². The zero-order valence-electron chi connectivity index (χ0n) is 13.4. The Morgan fingerprint density at radius 1 is 1.17 bits per heavy atom. The van der Waals surface area contributed by atoms with Crippen LogP contribution in [0.2, 0.25) is 0 Å². The van der Waals surface area contributed by atoms with Crippen molar-refractivity contribution in [3.05, 3.63) is 63.6 Å². The zero-order chi connectivity index (χ0) is 17.1. The molecule has 1 aliphatic rings. The molecular weight excluding hydrogens is 370 g/mol. The van der Waals surface area contributed by atoms with Gasteiger partial charge in [0.15, 0.2) is 0 Å². The Bertz CT molecular complexity index is 771. The van der Waals surface area contributed by atoms with E-state index >= 15 is 0 Å². The van der Waals surface area contributed by atoms with Crippen molar-refractivity contribution in [2.75, 3.05) is 11.5 Å². The number of aryl methyl sites for hydroxylation is 1. The van der Waals surface area contributed by atoms with Gasteiger partial charge in [0.05, 0.1) is 18.7 Å². The lowest BCUT2D eigenvalue weighted by Crippen LogP contribution is -2.34. The fourth-order valence-corrected chi connectivity index (χ4v) is 3.25. The molecule has 0 fully saturated rings. The van der Waals surface area contributed by atoms with Gasteiger partial charge in [-0.25, -0.2) is 4.79 Å². The Balaban J connectivity index is 1.81. The molecule has 0 saturated heterocycles. The van der Waals surface area contributed by atoms with Gasteiger partial charge in [-0.1, -0.05) is 28.1 Å². The number of rotatable bonds is 4. The first-order valence-corrected chi connectivity index (χ1v) is 8.72. The van der Waals surface area contributed by atoms with Crippen molar-refractivity contribution in [2.45, 2.75) is 26.3 Å². The van der Waals surface area contributed by atoms with E-state index in [4.69, 9.17) is 4.74 Å². The predicted octanol–water partition coefficient (Wildman–Crippen LogP) is 4.11. The maximum absolute atomic E-state index is 12.3. The van der Waals surface area contributed by atoms with Gasteiger partial charge in [-0.05, 0) is 54.8 Å². The van der Waals surface area contributed by atoms with Gasteiger partial charge in [-0.2, -0.15) is 0 Å². The number of carbonyl (C=O) groups is 2. The van der Waals surface area contributed by atoms with E-state index in [-0.39, 0.29) is 11.9 Å². The Hall–Kier alpha value is -2.14. The van der Waals surface area contributed by atoms with Crippen LogP contribution in [0.1, 0.15) is 34.8 Å². The maximum atomic E-state index is 12.3. The van der Waals surface area contributed by atoms with E-state index in [1.807, 2.05) is 29.2 Å². The topological polar surface area (TPSA) is 46.6 Å². The molecular formula is C19H18BrNO3. The molecule has 0 saturated carbocycles. The number of esters is 1. The van der Waals surface area contributed by atoms with Crippen LogP contribution in [0.25, 0.3) is 0 Å². The molecule has 0 spiro atoms. The van der Waals surface area contributed by atoms with Gasteiger partial charge in [-0.15, -0.1) is 0 Å². The van der Waals surface area contributed by atoms with Crippen LogP contribution in [0, 0.1) is 0 Å². The second kappa shape index (κ2) is 7.18. The average Bonchev–Trinajstić information content (AvgIpc) is 2.58. The minimum Gasteiger partial charge on any atom is -0.462 e. The van der Waals surface area contributed by atoms with Crippen molar-refractivity contribution in [3.63, 3.8) is 0 Å². The largest absolute Gasteiger partial charge is 0.462 e. The third-order valence-corrected chi connectivity index (χ3v) is 4.54. The lowest BCUT2D eigenvalue weighted by molar-refractivity contribution is -0.119. The highest BCUT2D eigenvalue weighted by atomic mass is 79.9. The molecule has 0 atom stereocenters. The molecule has 1 amide bonds. The maximum Gasteiger partial charge on any atom is 0.338 e. The quantitative estimate of drug-likeness (QED) is 0.741. The standard InChI is InChI=1S/C19H18BrNO3/c1-2-24-19(23)14-5-3-13(4-6-14)12-21-17-9-8-16(20)11-15(17)7-10-18(21)22/h3-6,8-9,11H,2,7,10,12H2,1H3. The summed E-state index contributed by atoms with van der Waals surface area (Å²) in [5, 5.41) is 0. The number of hydrogen-bond acceptors (Lipinski definition) is 3. The van der Waals surface area contributed by atoms with Crippen LogP contribution in [0.3, 0.4) is 0 Å². The van der Waals surface area contributed by atoms with Gasteiger partial charge < -0.3 is 9.64 Å². The van der Waals surface area contributed by atoms with E-state index in [1.165, 1.54) is 5.56 Å². The molecule has 0 N–H and O–H groups in total. The summed E-state index contributed by atoms with van der Waals surface area (Å²) in [6.45, 7) is 2.63. The van der Waals surface area contributed by atoms with Crippen LogP contribution in [0.15, 0.2) is 46.9 Å². The van der Waals surface area contributed by atoms with Crippen molar-refractivity contribution in [1.29, 1.82) is 0 Å². The van der Waals surface area contributed by atoms with Crippen molar-refractivity contribution < 1.29 is 14.3 Å². The second-order valence-electron chi connectivity index (χ2n) is 5.67. The number of amides is 1. The lowest BCUT2D eigenvalue weighted by Gasteiger charge is -2.29. The number of nitrogens with zero attached hydrogens (tertiary/aromatic N) is 1. The molecule has 0 bridgehead atoms. The molecule has 4 nitrogen and oxygen atoms in total. The van der Waals surface area contributed by atoms with Gasteiger partial charge in [0.25, 0.3) is 0 Å². The first-order valence-electron chi connectivity index (χ1n) is 7.93. The normalized spacial score (nSPS) is 13.6. The number of halogens is 1. The fourth-order valence-electron chi connectivity index (χ4n) is 2.85. The molecule has 0 radical (unpaired) electrons. The Morgan fingerprint density at radius 3 is 2.62 bits per heavy atom. The molecule has 1 aliphatic heterocycles. The summed E-state index contributed by atoms with van der Waals surface area (Å²) in [4.78, 5) is 25.9. The first-order chi connectivity index (χ1) is 11.6. The number of anilines is 1. The van der Waals surface area contributed by atoms with Crippen molar-refractivity contribution in [2.24, 2.45) is 0 Å². The molecule has 0 aromatic heterocycles. The van der Waals surface area contributed by atoms with Gasteiger partial charge >= 0.3 is 5.97 Å². The van der Waals surface area contributed by atoms with Crippen molar-refractivity contribution in [3.8, 4) is 0 Å². The molecule has 0 aliphatic carbocycles. The third kappa shape index (κ3) is 3.51. The van der Waals surface area contributed by atoms with E-state index in [2.05, 4.69) is 22.0 Å². The molecule has 2 aromatic rings. The minimum atomic E-state index is -0.326. The summed E-state index contributed by atoms with van der Waals surface area (Å²) in [6, 6.07) is 13.2. The van der Waals surface area contributed by atoms with E-state index in [0.717, 1.165) is 22.1 Å². The van der Waals surface area contributed by atoms with Crippen molar-refractivity contribution >= 4 is 33.5 Å². The van der Waals surface area contributed by atoms with Crippen molar-refractivity contribution in [1.82, 2.24) is 0 Å². The highest BCUT2D eigenvalue weighted by Crippen LogP contribution is 2.31. The smallest absolute Gasteiger partial charge is 0.338 e. The summed E-state index contributed by atoms with van der Waals surface area (Å²) in [5.74, 6) is -0.201. The third-order valence-electron chi connectivity index (χ3n) is 4.05. The van der Waals surface area contributed by atoms with Crippen LogP contribution in [0.4, 0.5) is 5.69 Å². The van der Waals surface area contributed by atoms with E-state index in [0.29, 0.717) is 25.1 Å². The zero-order valence-corrected chi connectivity index (χ0v) is 15.0. The second-order valence-corrected chi connectivity index (χ2v) is 6.59. The van der Waals surface area contributed by atoms with Crippen LogP contribution < -0.4 is 4.90 Å². The highest BCUT2D eigenvalue weighted by Gasteiger charge is 2.24. The molecule has 124 valence electrons. The first kappa shape index (κ1) is 16.7. The Kier molecular flexibility index (Phi) is 5.00. The Morgan fingerprint density at radius 2 is 1.92 bits per heavy atom.